The molecule has 1 N–H and O–H groups in total. The lowest BCUT2D eigenvalue weighted by atomic mass is 9.86. The summed E-state index contributed by atoms with van der Waals surface area (Å²) in [5.41, 5.74) is 0.355. The predicted octanol–water partition coefficient (Wildman–Crippen LogP) is 3.62. The summed E-state index contributed by atoms with van der Waals surface area (Å²) in [6, 6.07) is 0.709. The zero-order valence-electron chi connectivity index (χ0n) is 13.8. The highest BCUT2D eigenvalue weighted by atomic mass is 32.2. The summed E-state index contributed by atoms with van der Waals surface area (Å²) < 4.78 is 0. The van der Waals surface area contributed by atoms with E-state index in [0.717, 1.165) is 17.7 Å². The van der Waals surface area contributed by atoms with Gasteiger partial charge in [-0.2, -0.15) is 11.8 Å². The maximum atomic E-state index is 3.85. The van der Waals surface area contributed by atoms with Crippen LogP contribution >= 0.6 is 11.8 Å². The summed E-state index contributed by atoms with van der Waals surface area (Å²) in [5.74, 6) is 0.740. The van der Waals surface area contributed by atoms with Crippen molar-refractivity contribution in [2.75, 3.05) is 25.9 Å². The van der Waals surface area contributed by atoms with Crippen LogP contribution in [0.25, 0.3) is 0 Å². The first-order chi connectivity index (χ1) is 8.98. The van der Waals surface area contributed by atoms with Crippen molar-refractivity contribution in [1.82, 2.24) is 10.2 Å². The highest BCUT2D eigenvalue weighted by Gasteiger charge is 2.37. The van der Waals surface area contributed by atoms with Gasteiger partial charge in [0.15, 0.2) is 0 Å². The Bertz CT molecular complexity index is 251. The molecule has 0 aliphatic carbocycles. The molecule has 1 aliphatic rings. The third-order valence-electron chi connectivity index (χ3n) is 5.01. The number of piperazine rings is 1. The molecule has 2 atom stereocenters. The van der Waals surface area contributed by atoms with Crippen LogP contribution in [0.5, 0.6) is 0 Å². The Morgan fingerprint density at radius 1 is 1.26 bits per heavy atom. The smallest absolute Gasteiger partial charge is 0.0304 e. The van der Waals surface area contributed by atoms with Gasteiger partial charge in [0.05, 0.1) is 0 Å². The second-order valence-corrected chi connectivity index (χ2v) is 7.76. The summed E-state index contributed by atoms with van der Waals surface area (Å²) in [6.07, 6.45) is 6.02. The third-order valence-corrected chi connectivity index (χ3v) is 6.05. The van der Waals surface area contributed by atoms with E-state index in [1.807, 2.05) is 11.8 Å². The summed E-state index contributed by atoms with van der Waals surface area (Å²) >= 11 is 1.99. The lowest BCUT2D eigenvalue weighted by molar-refractivity contribution is 0.0498. The molecular formula is C16H34N2S. The minimum absolute atomic E-state index is 0.355. The van der Waals surface area contributed by atoms with E-state index in [1.165, 1.54) is 32.4 Å². The number of nitrogens with one attached hydrogen (secondary N) is 1. The zero-order valence-corrected chi connectivity index (χ0v) is 14.6. The maximum absolute atomic E-state index is 3.85. The molecule has 1 aliphatic heterocycles. The molecule has 114 valence electrons. The average molecular weight is 287 g/mol. The van der Waals surface area contributed by atoms with Gasteiger partial charge in [0, 0.05) is 29.9 Å². The highest BCUT2D eigenvalue weighted by molar-refractivity contribution is 7.99. The molecule has 19 heavy (non-hydrogen) atoms. The first-order valence-electron chi connectivity index (χ1n) is 7.99. The minimum Gasteiger partial charge on any atom is -0.308 e. The second kappa shape index (κ2) is 7.90. The van der Waals surface area contributed by atoms with Crippen LogP contribution in [0.1, 0.15) is 53.9 Å². The number of nitrogens with zero attached hydrogens (tertiary/aromatic N) is 1. The number of thioether (sulfide) groups is 1. The lowest BCUT2D eigenvalue weighted by Gasteiger charge is -2.49. The van der Waals surface area contributed by atoms with Gasteiger partial charge in [-0.3, -0.25) is 4.90 Å². The molecule has 2 nitrogen and oxygen atoms in total. The van der Waals surface area contributed by atoms with E-state index >= 15 is 0 Å². The monoisotopic (exact) mass is 286 g/mol. The van der Waals surface area contributed by atoms with Gasteiger partial charge >= 0.3 is 0 Å². The topological polar surface area (TPSA) is 15.3 Å². The van der Waals surface area contributed by atoms with Gasteiger partial charge in [0.25, 0.3) is 0 Å². The van der Waals surface area contributed by atoms with Gasteiger partial charge in [-0.25, -0.2) is 0 Å². The van der Waals surface area contributed by atoms with Gasteiger partial charge in [0.2, 0.25) is 0 Å². The van der Waals surface area contributed by atoms with Crippen molar-refractivity contribution in [2.24, 2.45) is 5.92 Å². The Kier molecular flexibility index (Phi) is 7.20. The van der Waals surface area contributed by atoms with Crippen LogP contribution in [0, 0.1) is 5.92 Å². The average Bonchev–Trinajstić information content (AvgIpc) is 2.43. The Hall–Kier alpha value is 0.270. The fourth-order valence-corrected chi connectivity index (χ4v) is 3.44. The van der Waals surface area contributed by atoms with Gasteiger partial charge < -0.3 is 5.32 Å². The number of hydrogen-bond donors (Lipinski definition) is 1. The Morgan fingerprint density at radius 2 is 1.89 bits per heavy atom. The first kappa shape index (κ1) is 17.3. The first-order valence-corrected chi connectivity index (χ1v) is 9.28. The van der Waals surface area contributed by atoms with E-state index in [4.69, 9.17) is 0 Å². The van der Waals surface area contributed by atoms with Crippen molar-refractivity contribution in [3.63, 3.8) is 0 Å². The van der Waals surface area contributed by atoms with E-state index < -0.39 is 0 Å². The Balaban J connectivity index is 2.67. The van der Waals surface area contributed by atoms with Crippen LogP contribution in [0.2, 0.25) is 0 Å². The minimum atomic E-state index is 0.355. The van der Waals surface area contributed by atoms with Gasteiger partial charge in [-0.1, -0.05) is 34.6 Å². The molecule has 3 heteroatoms. The van der Waals surface area contributed by atoms with E-state index in [0.29, 0.717) is 11.6 Å². The van der Waals surface area contributed by atoms with Gasteiger partial charge in [-0.15, -0.1) is 0 Å². The van der Waals surface area contributed by atoms with E-state index in [2.05, 4.69) is 51.1 Å². The molecule has 0 aromatic carbocycles. The van der Waals surface area contributed by atoms with E-state index in [9.17, 15) is 0 Å². The largest absolute Gasteiger partial charge is 0.308 e. The molecular weight excluding hydrogens is 252 g/mol. The fourth-order valence-electron chi connectivity index (χ4n) is 3.10. The van der Waals surface area contributed by atoms with Crippen molar-refractivity contribution in [2.45, 2.75) is 70.7 Å². The molecule has 2 unspecified atom stereocenters. The van der Waals surface area contributed by atoms with Crippen LogP contribution in [-0.2, 0) is 0 Å². The van der Waals surface area contributed by atoms with Gasteiger partial charge in [-0.05, 0) is 38.0 Å². The summed E-state index contributed by atoms with van der Waals surface area (Å²) in [6.45, 7) is 15.4. The van der Waals surface area contributed by atoms with Crippen molar-refractivity contribution in [3.05, 3.63) is 0 Å². The fraction of sp³-hybridized carbons (Fsp3) is 1.00. The molecule has 1 fully saturated rings. The molecule has 0 spiro atoms. The number of rotatable bonds is 7. The lowest BCUT2D eigenvalue weighted by Crippen LogP contribution is -2.65. The standard InChI is InChI=1S/C16H34N2S/c1-7-16(8-2)12-18(10-9-14(5)19-6)15(11-17-16)13(3)4/h13-15,17H,7-12H2,1-6H3. The maximum Gasteiger partial charge on any atom is 0.0304 e. The van der Waals surface area contributed by atoms with Crippen molar-refractivity contribution in [3.8, 4) is 0 Å². The molecule has 0 aromatic rings. The third kappa shape index (κ3) is 4.64. The summed E-state index contributed by atoms with van der Waals surface area (Å²) in [5, 5.41) is 4.63. The highest BCUT2D eigenvalue weighted by Crippen LogP contribution is 2.26. The Morgan fingerprint density at radius 3 is 2.37 bits per heavy atom. The summed E-state index contributed by atoms with van der Waals surface area (Å²) in [7, 11) is 0. The van der Waals surface area contributed by atoms with Crippen LogP contribution in [0.4, 0.5) is 0 Å². The normalized spacial score (nSPS) is 25.7. The zero-order chi connectivity index (χ0) is 14.5. The molecule has 0 aromatic heterocycles. The SMILES string of the molecule is CCC1(CC)CN(CCC(C)SC)C(C(C)C)CN1. The summed E-state index contributed by atoms with van der Waals surface area (Å²) in [4.78, 5) is 2.76. The molecule has 0 saturated carbocycles. The van der Waals surface area contributed by atoms with Crippen molar-refractivity contribution < 1.29 is 0 Å². The van der Waals surface area contributed by atoms with Crippen LogP contribution in [-0.4, -0.2) is 47.6 Å². The predicted molar refractivity (Wildman–Crippen MR) is 89.1 cm³/mol. The second-order valence-electron chi connectivity index (χ2n) is 6.49. The molecule has 1 rings (SSSR count). The van der Waals surface area contributed by atoms with Crippen LogP contribution < -0.4 is 5.32 Å². The van der Waals surface area contributed by atoms with Gasteiger partial charge in [0.1, 0.15) is 0 Å². The van der Waals surface area contributed by atoms with E-state index in [-0.39, 0.29) is 0 Å². The number of hydrogen-bond acceptors (Lipinski definition) is 3. The van der Waals surface area contributed by atoms with Crippen LogP contribution in [0.15, 0.2) is 0 Å². The Labute approximate surface area is 125 Å². The van der Waals surface area contributed by atoms with E-state index in [1.54, 1.807) is 0 Å². The molecule has 0 amide bonds. The molecule has 0 radical (unpaired) electrons. The molecule has 1 saturated heterocycles. The van der Waals surface area contributed by atoms with Crippen LogP contribution in [0.3, 0.4) is 0 Å². The quantitative estimate of drug-likeness (QED) is 0.769. The molecule has 0 bridgehead atoms. The molecule has 1 heterocycles. The van der Waals surface area contributed by atoms with Crippen molar-refractivity contribution >= 4 is 11.8 Å². The van der Waals surface area contributed by atoms with Crippen molar-refractivity contribution in [1.29, 1.82) is 0 Å².